The van der Waals surface area contributed by atoms with Gasteiger partial charge in [0.1, 0.15) is 11.3 Å². The van der Waals surface area contributed by atoms with Gasteiger partial charge in [-0.2, -0.15) is 25.8 Å². The van der Waals surface area contributed by atoms with Crippen LogP contribution in [0.4, 0.5) is 13.2 Å². The second kappa shape index (κ2) is 7.16. The van der Waals surface area contributed by atoms with E-state index in [9.17, 15) is 27.9 Å². The van der Waals surface area contributed by atoms with Crippen molar-refractivity contribution in [3.63, 3.8) is 0 Å². The molecule has 9 heteroatoms. The fourth-order valence-corrected chi connectivity index (χ4v) is 2.43. The summed E-state index contributed by atoms with van der Waals surface area (Å²) in [7, 11) is 0. The van der Waals surface area contributed by atoms with Gasteiger partial charge in [0.15, 0.2) is 0 Å². The monoisotopic (exact) mass is 360 g/mol. The van der Waals surface area contributed by atoms with Gasteiger partial charge in [0, 0.05) is 29.9 Å². The summed E-state index contributed by atoms with van der Waals surface area (Å²) in [5.41, 5.74) is 1.45. The van der Waals surface area contributed by atoms with E-state index in [2.05, 4.69) is 22.9 Å². The number of carbonyl (C=O) groups is 2. The average Bonchev–Trinajstić information content (AvgIpc) is 2.88. The predicted octanol–water partition coefficient (Wildman–Crippen LogP) is 2.53. The lowest BCUT2D eigenvalue weighted by Gasteiger charge is -2.17. The number of hydrogen-bond acceptors (Lipinski definition) is 3. The molecule has 5 nitrogen and oxygen atoms in total. The van der Waals surface area contributed by atoms with E-state index in [1.165, 1.54) is 0 Å². The molecule has 0 spiro atoms. The minimum Gasteiger partial charge on any atom is -0.480 e. The zero-order valence-electron chi connectivity index (χ0n) is 12.3. The van der Waals surface area contributed by atoms with Gasteiger partial charge in [-0.1, -0.05) is 18.2 Å². The molecule has 3 N–H and O–H groups in total. The van der Waals surface area contributed by atoms with Crippen molar-refractivity contribution in [1.82, 2.24) is 10.3 Å². The lowest BCUT2D eigenvalue weighted by molar-refractivity contribution is -0.144. The highest BCUT2D eigenvalue weighted by atomic mass is 32.1. The van der Waals surface area contributed by atoms with Gasteiger partial charge in [-0.25, -0.2) is 4.79 Å². The number of para-hydroxylation sites is 1. The number of benzene rings is 1. The number of aliphatic carboxylic acids is 1. The van der Waals surface area contributed by atoms with Gasteiger partial charge in [0.25, 0.3) is 0 Å². The number of H-pyrrole nitrogens is 1. The molecule has 0 aliphatic heterocycles. The van der Waals surface area contributed by atoms with Crippen molar-refractivity contribution < 1.29 is 27.9 Å². The summed E-state index contributed by atoms with van der Waals surface area (Å²) in [6.45, 7) is 0. The minimum absolute atomic E-state index is 0.0473. The Morgan fingerprint density at radius 3 is 2.58 bits per heavy atom. The van der Waals surface area contributed by atoms with Gasteiger partial charge in [-0.15, -0.1) is 0 Å². The first kappa shape index (κ1) is 18.2. The number of halogens is 3. The number of aromatic amines is 1. The van der Waals surface area contributed by atoms with Crippen molar-refractivity contribution in [2.24, 2.45) is 0 Å². The summed E-state index contributed by atoms with van der Waals surface area (Å²) >= 11 is 3.32. The zero-order valence-corrected chi connectivity index (χ0v) is 13.2. The molecule has 1 amide bonds. The molecular weight excluding hydrogens is 345 g/mol. The number of carboxylic acids is 1. The van der Waals surface area contributed by atoms with Crippen LogP contribution in [0, 0.1) is 0 Å². The number of alkyl halides is 3. The standard InChI is InChI=1S/C15H15F3N2O3S/c16-15(17,18)12(24)6-13(21)20-11(14(22)23)5-8-7-19-10-4-2-1-3-9(8)10/h1-4,7,11-12,19,24H,5-6H2,(H,20,21)(H,22,23). The lowest BCUT2D eigenvalue weighted by Crippen LogP contribution is -2.44. The molecule has 0 aliphatic rings. The average molecular weight is 360 g/mol. The summed E-state index contributed by atoms with van der Waals surface area (Å²) < 4.78 is 37.2. The van der Waals surface area contributed by atoms with E-state index in [4.69, 9.17) is 0 Å². The number of thiol groups is 1. The van der Waals surface area contributed by atoms with Gasteiger partial charge >= 0.3 is 12.1 Å². The van der Waals surface area contributed by atoms with E-state index >= 15 is 0 Å². The Hall–Kier alpha value is -2.16. The van der Waals surface area contributed by atoms with Crippen LogP contribution in [0.25, 0.3) is 10.9 Å². The van der Waals surface area contributed by atoms with Crippen molar-refractivity contribution in [3.8, 4) is 0 Å². The highest BCUT2D eigenvalue weighted by Gasteiger charge is 2.38. The number of nitrogens with one attached hydrogen (secondary N) is 2. The number of amides is 1. The van der Waals surface area contributed by atoms with Gasteiger partial charge in [-0.3, -0.25) is 4.79 Å². The SMILES string of the molecule is O=C(CC(S)C(F)(F)F)NC(Cc1c[nH]c2ccccc12)C(=O)O. The molecule has 24 heavy (non-hydrogen) atoms. The number of rotatable bonds is 6. The maximum atomic E-state index is 12.4. The van der Waals surface area contributed by atoms with Crippen LogP contribution < -0.4 is 5.32 Å². The molecule has 0 bridgehead atoms. The highest BCUT2D eigenvalue weighted by molar-refractivity contribution is 7.81. The summed E-state index contributed by atoms with van der Waals surface area (Å²) in [6, 6.07) is 5.86. The summed E-state index contributed by atoms with van der Waals surface area (Å²) in [4.78, 5) is 26.0. The summed E-state index contributed by atoms with van der Waals surface area (Å²) in [5.74, 6) is -2.34. The second-order valence-corrected chi connectivity index (χ2v) is 5.91. The van der Waals surface area contributed by atoms with Crippen LogP contribution in [0.2, 0.25) is 0 Å². The van der Waals surface area contributed by atoms with Crippen LogP contribution in [0.5, 0.6) is 0 Å². The van der Waals surface area contributed by atoms with E-state index in [-0.39, 0.29) is 6.42 Å². The first-order chi connectivity index (χ1) is 11.2. The number of carboxylic acid groups (broad SMARTS) is 1. The first-order valence-electron chi connectivity index (χ1n) is 7.00. The number of carbonyl (C=O) groups excluding carboxylic acids is 1. The molecule has 1 heterocycles. The number of aromatic nitrogens is 1. The third-order valence-corrected chi connectivity index (χ3v) is 3.96. The molecule has 2 atom stereocenters. The Labute approximate surface area is 140 Å². The van der Waals surface area contributed by atoms with Gasteiger partial charge < -0.3 is 15.4 Å². The van der Waals surface area contributed by atoms with E-state index in [0.717, 1.165) is 10.9 Å². The van der Waals surface area contributed by atoms with Crippen LogP contribution in [-0.2, 0) is 16.0 Å². The van der Waals surface area contributed by atoms with E-state index in [0.29, 0.717) is 5.56 Å². The quantitative estimate of drug-likeness (QED) is 0.598. The number of hydrogen-bond donors (Lipinski definition) is 4. The normalized spacial score (nSPS) is 14.3. The topological polar surface area (TPSA) is 82.2 Å². The maximum Gasteiger partial charge on any atom is 0.400 e. The molecular formula is C15H15F3N2O3S. The Morgan fingerprint density at radius 1 is 1.29 bits per heavy atom. The molecule has 0 saturated heterocycles. The molecule has 2 aromatic rings. The molecule has 1 aromatic carbocycles. The summed E-state index contributed by atoms with van der Waals surface area (Å²) in [6.07, 6.45) is -4.00. The lowest BCUT2D eigenvalue weighted by atomic mass is 10.0. The fourth-order valence-electron chi connectivity index (χ4n) is 2.27. The first-order valence-corrected chi connectivity index (χ1v) is 7.52. The molecule has 0 radical (unpaired) electrons. The van der Waals surface area contributed by atoms with E-state index < -0.39 is 35.8 Å². The summed E-state index contributed by atoms with van der Waals surface area (Å²) in [5, 5.41) is 10.00. The van der Waals surface area contributed by atoms with Crippen molar-refractivity contribution in [2.45, 2.75) is 30.3 Å². The molecule has 0 fully saturated rings. The van der Waals surface area contributed by atoms with Gasteiger partial charge in [0.05, 0.1) is 0 Å². The molecule has 1 aromatic heterocycles. The number of fused-ring (bicyclic) bond motifs is 1. The Balaban J connectivity index is 2.07. The molecule has 130 valence electrons. The van der Waals surface area contributed by atoms with Crippen molar-refractivity contribution in [1.29, 1.82) is 0 Å². The van der Waals surface area contributed by atoms with E-state index in [1.807, 2.05) is 12.1 Å². The molecule has 0 saturated carbocycles. The van der Waals surface area contributed by atoms with Crippen LogP contribution in [-0.4, -0.2) is 39.4 Å². The van der Waals surface area contributed by atoms with Crippen molar-refractivity contribution in [2.75, 3.05) is 0 Å². The highest BCUT2D eigenvalue weighted by Crippen LogP contribution is 2.27. The van der Waals surface area contributed by atoms with E-state index in [1.54, 1.807) is 18.3 Å². The van der Waals surface area contributed by atoms with Crippen LogP contribution in [0.1, 0.15) is 12.0 Å². The molecule has 2 unspecified atom stereocenters. The van der Waals surface area contributed by atoms with Crippen LogP contribution >= 0.6 is 12.6 Å². The van der Waals surface area contributed by atoms with Crippen molar-refractivity contribution in [3.05, 3.63) is 36.0 Å². The minimum atomic E-state index is -4.63. The predicted molar refractivity (Wildman–Crippen MR) is 85.0 cm³/mol. The second-order valence-electron chi connectivity index (χ2n) is 5.28. The Morgan fingerprint density at radius 2 is 1.96 bits per heavy atom. The third kappa shape index (κ3) is 4.44. The Kier molecular flexibility index (Phi) is 5.43. The molecule has 2 rings (SSSR count). The van der Waals surface area contributed by atoms with Gasteiger partial charge in [0.2, 0.25) is 5.91 Å². The van der Waals surface area contributed by atoms with Crippen LogP contribution in [0.3, 0.4) is 0 Å². The molecule has 0 aliphatic carbocycles. The maximum absolute atomic E-state index is 12.4. The van der Waals surface area contributed by atoms with Crippen molar-refractivity contribution >= 4 is 35.4 Å². The van der Waals surface area contributed by atoms with Gasteiger partial charge in [-0.05, 0) is 11.6 Å². The fraction of sp³-hybridized carbons (Fsp3) is 0.333. The Bertz CT molecular complexity index is 745. The zero-order chi connectivity index (χ0) is 17.9. The van der Waals surface area contributed by atoms with Crippen LogP contribution in [0.15, 0.2) is 30.5 Å². The third-order valence-electron chi connectivity index (χ3n) is 3.49. The largest absolute Gasteiger partial charge is 0.480 e. The smallest absolute Gasteiger partial charge is 0.400 e.